The number of rotatable bonds is 3. The molecule has 0 radical (unpaired) electrons. The summed E-state index contributed by atoms with van der Waals surface area (Å²) >= 11 is 0.630. The van der Waals surface area contributed by atoms with E-state index in [0.29, 0.717) is 17.0 Å². The van der Waals surface area contributed by atoms with E-state index in [-0.39, 0.29) is 10.2 Å². The second kappa shape index (κ2) is 3.96. The zero-order valence-electron chi connectivity index (χ0n) is 8.96. The van der Waals surface area contributed by atoms with Gasteiger partial charge in [-0.25, -0.2) is 17.8 Å². The predicted molar refractivity (Wildman–Crippen MR) is 61.5 cm³/mol. The Morgan fingerprint density at radius 3 is 2.71 bits per heavy atom. The molecule has 2 N–H and O–H groups in total. The van der Waals surface area contributed by atoms with Crippen LogP contribution in [0.3, 0.4) is 0 Å². The number of nitrogens with one attached hydrogen (secondary N) is 2. The fraction of sp³-hybridized carbons (Fsp3) is 0.286. The van der Waals surface area contributed by atoms with E-state index in [0.717, 1.165) is 0 Å². The standard InChI is InChI=1S/C7H9N5O3S2/c1-4-5(16-7(13)10-4)17(14,15)11-6-8-3-9-12(6)2/h3H,1-2H3,(H,10,13)(H,8,9,11). The lowest BCUT2D eigenvalue weighted by Gasteiger charge is -2.04. The van der Waals surface area contributed by atoms with Crippen LogP contribution in [0.1, 0.15) is 5.69 Å². The topological polar surface area (TPSA) is 110 Å². The summed E-state index contributed by atoms with van der Waals surface area (Å²) in [6.45, 7) is 1.52. The molecule has 0 aliphatic heterocycles. The van der Waals surface area contributed by atoms with Crippen LogP contribution >= 0.6 is 11.3 Å². The van der Waals surface area contributed by atoms with Crippen molar-refractivity contribution in [2.45, 2.75) is 11.1 Å². The van der Waals surface area contributed by atoms with Crippen molar-refractivity contribution in [3.63, 3.8) is 0 Å². The molecule has 0 fully saturated rings. The number of anilines is 1. The van der Waals surface area contributed by atoms with Crippen LogP contribution in [0.4, 0.5) is 5.95 Å². The van der Waals surface area contributed by atoms with Crippen molar-refractivity contribution in [3.05, 3.63) is 21.7 Å². The minimum atomic E-state index is -3.80. The van der Waals surface area contributed by atoms with E-state index in [4.69, 9.17) is 0 Å². The van der Waals surface area contributed by atoms with Gasteiger partial charge in [0.15, 0.2) is 4.21 Å². The number of aromatic nitrogens is 4. The Hall–Kier alpha value is -1.68. The van der Waals surface area contributed by atoms with E-state index < -0.39 is 14.9 Å². The highest BCUT2D eigenvalue weighted by Gasteiger charge is 2.22. The van der Waals surface area contributed by atoms with Crippen LogP contribution in [0, 0.1) is 6.92 Å². The molecule has 2 heterocycles. The van der Waals surface area contributed by atoms with Crippen molar-refractivity contribution in [2.24, 2.45) is 7.05 Å². The summed E-state index contributed by atoms with van der Waals surface area (Å²) in [5.74, 6) is 0.0882. The number of H-pyrrole nitrogens is 1. The smallest absolute Gasteiger partial charge is 0.306 e. The van der Waals surface area contributed by atoms with Crippen molar-refractivity contribution in [1.29, 1.82) is 0 Å². The Kier molecular flexibility index (Phi) is 2.75. The molecule has 17 heavy (non-hydrogen) atoms. The molecule has 10 heteroatoms. The highest BCUT2D eigenvalue weighted by Crippen LogP contribution is 2.18. The molecule has 0 aromatic carbocycles. The number of nitrogens with zero attached hydrogens (tertiary/aromatic N) is 3. The molecule has 2 aromatic rings. The molecule has 0 atom stereocenters. The lowest BCUT2D eigenvalue weighted by atomic mass is 10.6. The second-order valence-electron chi connectivity index (χ2n) is 3.24. The molecule has 8 nitrogen and oxygen atoms in total. The monoisotopic (exact) mass is 275 g/mol. The highest BCUT2D eigenvalue weighted by atomic mass is 32.2. The maximum absolute atomic E-state index is 11.9. The summed E-state index contributed by atoms with van der Waals surface area (Å²) in [6, 6.07) is 0. The van der Waals surface area contributed by atoms with Crippen molar-refractivity contribution in [3.8, 4) is 0 Å². The molecule has 0 aliphatic rings. The molecule has 0 saturated carbocycles. The van der Waals surface area contributed by atoms with E-state index in [1.54, 1.807) is 7.05 Å². The van der Waals surface area contributed by atoms with Crippen LogP contribution in [0.25, 0.3) is 0 Å². The quantitative estimate of drug-likeness (QED) is 0.797. The van der Waals surface area contributed by atoms with E-state index >= 15 is 0 Å². The number of hydrogen-bond acceptors (Lipinski definition) is 6. The van der Waals surface area contributed by atoms with Gasteiger partial charge in [0.1, 0.15) is 6.33 Å². The number of thiazole rings is 1. The van der Waals surface area contributed by atoms with Gasteiger partial charge in [-0.15, -0.1) is 0 Å². The molecule has 0 spiro atoms. The van der Waals surface area contributed by atoms with E-state index in [1.165, 1.54) is 17.9 Å². The van der Waals surface area contributed by atoms with Crippen LogP contribution in [-0.2, 0) is 17.1 Å². The Bertz CT molecular complexity index is 695. The van der Waals surface area contributed by atoms with Gasteiger partial charge in [0.05, 0.1) is 0 Å². The first-order valence-corrected chi connectivity index (χ1v) is 6.76. The minimum Gasteiger partial charge on any atom is -0.315 e. The summed E-state index contributed by atoms with van der Waals surface area (Å²) in [5.41, 5.74) is 0.301. The van der Waals surface area contributed by atoms with Crippen molar-refractivity contribution in [2.75, 3.05) is 4.72 Å². The number of hydrogen-bond donors (Lipinski definition) is 2. The van der Waals surface area contributed by atoms with Gasteiger partial charge >= 0.3 is 4.87 Å². The number of aryl methyl sites for hydroxylation is 2. The van der Waals surface area contributed by atoms with Crippen LogP contribution in [0.15, 0.2) is 15.3 Å². The molecule has 2 aromatic heterocycles. The first-order chi connectivity index (χ1) is 7.90. The normalized spacial score (nSPS) is 11.6. The lowest BCUT2D eigenvalue weighted by Crippen LogP contribution is -2.16. The average molecular weight is 275 g/mol. The van der Waals surface area contributed by atoms with Crippen molar-refractivity contribution in [1.82, 2.24) is 19.7 Å². The lowest BCUT2D eigenvalue weighted by molar-refractivity contribution is 0.601. The zero-order chi connectivity index (χ0) is 12.6. The molecule has 0 unspecified atom stereocenters. The third kappa shape index (κ3) is 2.22. The minimum absolute atomic E-state index is 0.0505. The van der Waals surface area contributed by atoms with Crippen LogP contribution in [0.2, 0.25) is 0 Å². The van der Waals surface area contributed by atoms with Gasteiger partial charge in [-0.05, 0) is 6.92 Å². The molecule has 92 valence electrons. The van der Waals surface area contributed by atoms with Crippen LogP contribution < -0.4 is 9.60 Å². The second-order valence-corrected chi connectivity index (χ2v) is 6.10. The number of aromatic amines is 1. The fourth-order valence-electron chi connectivity index (χ4n) is 1.20. The summed E-state index contributed by atoms with van der Waals surface area (Å²) in [7, 11) is -2.25. The largest absolute Gasteiger partial charge is 0.315 e. The summed E-state index contributed by atoms with van der Waals surface area (Å²) < 4.78 is 27.4. The van der Waals surface area contributed by atoms with Crippen LogP contribution in [0.5, 0.6) is 0 Å². The highest BCUT2D eigenvalue weighted by molar-refractivity contribution is 7.94. The first kappa shape index (κ1) is 11.8. The molecule has 0 saturated heterocycles. The maximum atomic E-state index is 11.9. The van der Waals surface area contributed by atoms with Crippen molar-refractivity contribution >= 4 is 27.3 Å². The molecular weight excluding hydrogens is 266 g/mol. The molecule has 0 aliphatic carbocycles. The molecule has 2 rings (SSSR count). The molecule has 0 amide bonds. The SMILES string of the molecule is Cc1[nH]c(=O)sc1S(=O)(=O)Nc1ncnn1C. The zero-order valence-corrected chi connectivity index (χ0v) is 10.6. The van der Waals surface area contributed by atoms with Crippen LogP contribution in [-0.4, -0.2) is 28.2 Å². The first-order valence-electron chi connectivity index (χ1n) is 4.46. The molecule has 0 bridgehead atoms. The summed E-state index contributed by atoms with van der Waals surface area (Å²) in [4.78, 5) is 16.8. The third-order valence-corrected chi connectivity index (χ3v) is 4.90. The van der Waals surface area contributed by atoms with Gasteiger partial charge in [-0.3, -0.25) is 4.79 Å². The Morgan fingerprint density at radius 1 is 1.53 bits per heavy atom. The van der Waals surface area contributed by atoms with Gasteiger partial charge in [-0.1, -0.05) is 11.3 Å². The van der Waals surface area contributed by atoms with Gasteiger partial charge in [0.25, 0.3) is 10.0 Å². The predicted octanol–water partition coefficient (Wildman–Crippen LogP) is -0.326. The number of sulfonamides is 1. The summed E-state index contributed by atoms with van der Waals surface area (Å²) in [6.07, 6.45) is 1.23. The Balaban J connectivity index is 2.42. The molecular formula is C7H9N5O3S2. The van der Waals surface area contributed by atoms with E-state index in [9.17, 15) is 13.2 Å². The van der Waals surface area contributed by atoms with Gasteiger partial charge < -0.3 is 4.98 Å². The Labute approximate surface area is 100 Å². The summed E-state index contributed by atoms with van der Waals surface area (Å²) in [5, 5.41) is 3.73. The fourth-order valence-corrected chi connectivity index (χ4v) is 3.54. The van der Waals surface area contributed by atoms with Gasteiger partial charge in [0, 0.05) is 12.7 Å². The van der Waals surface area contributed by atoms with Gasteiger partial charge in [-0.2, -0.15) is 10.1 Å². The Morgan fingerprint density at radius 2 is 2.24 bits per heavy atom. The van der Waals surface area contributed by atoms with E-state index in [1.807, 2.05) is 0 Å². The van der Waals surface area contributed by atoms with E-state index in [2.05, 4.69) is 19.8 Å². The average Bonchev–Trinajstić information content (AvgIpc) is 2.74. The maximum Gasteiger partial charge on any atom is 0.306 e. The third-order valence-electron chi connectivity index (χ3n) is 1.96. The van der Waals surface area contributed by atoms with Gasteiger partial charge in [0.2, 0.25) is 5.95 Å². The van der Waals surface area contributed by atoms with Crippen molar-refractivity contribution < 1.29 is 8.42 Å².